The number of fused-ring (bicyclic) bond motifs is 4. The van der Waals surface area contributed by atoms with Crippen molar-refractivity contribution in [1.82, 2.24) is 15.3 Å². The number of sulfonamides is 1. The molecule has 2 aliphatic rings. The van der Waals surface area contributed by atoms with Crippen molar-refractivity contribution in [3.63, 3.8) is 0 Å². The molecular weight excluding hydrogens is 476 g/mol. The molecule has 1 aromatic heterocycles. The van der Waals surface area contributed by atoms with Gasteiger partial charge in [-0.05, 0) is 61.9 Å². The normalized spacial score (nSPS) is 20.1. The Hall–Kier alpha value is -3.46. The summed E-state index contributed by atoms with van der Waals surface area (Å²) in [5.74, 6) is 0.126. The Morgan fingerprint density at radius 3 is 2.42 bits per heavy atom. The van der Waals surface area contributed by atoms with Crippen LogP contribution >= 0.6 is 0 Å². The van der Waals surface area contributed by atoms with Gasteiger partial charge in [-0.25, -0.2) is 18.1 Å². The summed E-state index contributed by atoms with van der Waals surface area (Å²) >= 11 is 0. The minimum absolute atomic E-state index is 0.0350. The molecule has 2 aromatic carbocycles. The molecule has 1 aliphatic carbocycles. The standard InChI is InChI=1S/C27H30N4O4S/c1-17-8-6-9-18(2)25(17)22-15-24-30-27(29-22)31-36(33,34)21-13-7-12-20(14-21)26(32)28-23(16-35-24)19-10-4-3-5-11-19/h6-9,12-15,19,23H,3-5,10-11,16H2,1-2H3,(H,28,32)(H,29,30,31). The fraction of sp³-hybridized carbons (Fsp3) is 0.370. The van der Waals surface area contributed by atoms with Crippen LogP contribution in [0.3, 0.4) is 0 Å². The molecule has 2 N–H and O–H groups in total. The number of hydrogen-bond donors (Lipinski definition) is 2. The first kappa shape index (κ1) is 24.2. The highest BCUT2D eigenvalue weighted by atomic mass is 32.2. The second-order valence-corrected chi connectivity index (χ2v) is 11.3. The molecule has 2 heterocycles. The summed E-state index contributed by atoms with van der Waals surface area (Å²) in [6.45, 7) is 4.19. The van der Waals surface area contributed by atoms with Gasteiger partial charge in [0.1, 0.15) is 6.61 Å². The SMILES string of the molecule is Cc1cccc(C)c1-c1cc2nc(n1)NS(=O)(=O)c1cccc(c1)C(=O)NC(C1CCCCC1)CO2. The van der Waals surface area contributed by atoms with Crippen molar-refractivity contribution < 1.29 is 17.9 Å². The molecule has 4 bridgehead atoms. The smallest absolute Gasteiger partial charge is 0.264 e. The van der Waals surface area contributed by atoms with Crippen LogP contribution < -0.4 is 14.8 Å². The number of carbonyl (C=O) groups is 1. The van der Waals surface area contributed by atoms with Crippen LogP contribution in [0, 0.1) is 19.8 Å². The van der Waals surface area contributed by atoms with Crippen molar-refractivity contribution in [2.45, 2.75) is 56.9 Å². The van der Waals surface area contributed by atoms with E-state index in [1.165, 1.54) is 18.6 Å². The van der Waals surface area contributed by atoms with Gasteiger partial charge in [-0.3, -0.25) is 4.79 Å². The third kappa shape index (κ3) is 5.06. The van der Waals surface area contributed by atoms with Crippen LogP contribution in [0.4, 0.5) is 5.95 Å². The molecule has 188 valence electrons. The number of nitrogens with one attached hydrogen (secondary N) is 2. The van der Waals surface area contributed by atoms with Crippen LogP contribution in [0.5, 0.6) is 5.88 Å². The molecule has 36 heavy (non-hydrogen) atoms. The molecule has 0 radical (unpaired) electrons. The molecule has 3 aromatic rings. The van der Waals surface area contributed by atoms with E-state index in [0.717, 1.165) is 42.4 Å². The third-order valence-corrected chi connectivity index (χ3v) is 8.34. The molecule has 1 fully saturated rings. The zero-order valence-corrected chi connectivity index (χ0v) is 21.3. The summed E-state index contributed by atoms with van der Waals surface area (Å²) in [5.41, 5.74) is 3.75. The largest absolute Gasteiger partial charge is 0.475 e. The Balaban J connectivity index is 1.62. The molecule has 1 atom stereocenters. The maximum atomic E-state index is 13.2. The van der Waals surface area contributed by atoms with Crippen molar-refractivity contribution in [3.05, 3.63) is 65.2 Å². The van der Waals surface area contributed by atoms with E-state index in [9.17, 15) is 13.2 Å². The lowest BCUT2D eigenvalue weighted by atomic mass is 9.84. The van der Waals surface area contributed by atoms with Gasteiger partial charge in [0.15, 0.2) is 0 Å². The van der Waals surface area contributed by atoms with Gasteiger partial charge in [0.25, 0.3) is 15.9 Å². The minimum atomic E-state index is -4.05. The molecule has 1 saturated carbocycles. The van der Waals surface area contributed by atoms with Crippen LogP contribution in [-0.2, 0) is 10.0 Å². The van der Waals surface area contributed by atoms with Crippen LogP contribution in [0.15, 0.2) is 53.4 Å². The van der Waals surface area contributed by atoms with Crippen LogP contribution in [0.25, 0.3) is 11.3 Å². The topological polar surface area (TPSA) is 110 Å². The number of amides is 1. The van der Waals surface area contributed by atoms with Gasteiger partial charge in [-0.1, -0.05) is 43.5 Å². The van der Waals surface area contributed by atoms with Crippen molar-refractivity contribution in [1.29, 1.82) is 0 Å². The maximum absolute atomic E-state index is 13.2. The second kappa shape index (κ2) is 9.89. The van der Waals surface area contributed by atoms with E-state index in [-0.39, 0.29) is 46.8 Å². The van der Waals surface area contributed by atoms with Gasteiger partial charge in [0.05, 0.1) is 16.6 Å². The Kier molecular flexibility index (Phi) is 6.66. The highest BCUT2D eigenvalue weighted by molar-refractivity contribution is 7.92. The number of ether oxygens (including phenoxy) is 1. The van der Waals surface area contributed by atoms with Gasteiger partial charge >= 0.3 is 0 Å². The second-order valence-electron chi connectivity index (χ2n) is 9.60. The van der Waals surface area contributed by atoms with Crippen molar-refractivity contribution in [3.8, 4) is 17.1 Å². The van der Waals surface area contributed by atoms with E-state index in [0.29, 0.717) is 5.69 Å². The Bertz CT molecular complexity index is 1380. The van der Waals surface area contributed by atoms with Crippen molar-refractivity contribution in [2.75, 3.05) is 11.3 Å². The zero-order valence-electron chi connectivity index (χ0n) is 20.5. The fourth-order valence-electron chi connectivity index (χ4n) is 5.13. The van der Waals surface area contributed by atoms with Gasteiger partial charge in [0.2, 0.25) is 11.8 Å². The number of benzene rings is 2. The fourth-order valence-corrected chi connectivity index (χ4v) is 6.12. The number of anilines is 1. The summed E-state index contributed by atoms with van der Waals surface area (Å²) in [4.78, 5) is 22.0. The minimum Gasteiger partial charge on any atom is -0.475 e. The Morgan fingerprint density at radius 1 is 0.944 bits per heavy atom. The quantitative estimate of drug-likeness (QED) is 0.524. The van der Waals surface area contributed by atoms with Crippen LogP contribution in [-0.4, -0.2) is 36.9 Å². The number of aryl methyl sites for hydroxylation is 2. The molecule has 9 heteroatoms. The number of rotatable bonds is 2. The summed E-state index contributed by atoms with van der Waals surface area (Å²) in [6.07, 6.45) is 5.43. The zero-order chi connectivity index (χ0) is 25.3. The third-order valence-electron chi connectivity index (χ3n) is 7.02. The predicted octanol–water partition coefficient (Wildman–Crippen LogP) is 4.63. The molecular formula is C27H30N4O4S. The van der Waals surface area contributed by atoms with E-state index in [2.05, 4.69) is 20.0 Å². The monoisotopic (exact) mass is 506 g/mol. The van der Waals surface area contributed by atoms with E-state index in [1.54, 1.807) is 18.2 Å². The molecule has 5 rings (SSSR count). The molecule has 8 nitrogen and oxygen atoms in total. The van der Waals surface area contributed by atoms with Gasteiger partial charge in [-0.15, -0.1) is 0 Å². The maximum Gasteiger partial charge on any atom is 0.264 e. The lowest BCUT2D eigenvalue weighted by Gasteiger charge is -2.30. The summed E-state index contributed by atoms with van der Waals surface area (Å²) in [7, 11) is -4.05. The Labute approximate surface area is 211 Å². The van der Waals surface area contributed by atoms with Gasteiger partial charge < -0.3 is 10.1 Å². The lowest BCUT2D eigenvalue weighted by molar-refractivity contribution is 0.0879. The first-order valence-electron chi connectivity index (χ1n) is 12.3. The summed E-state index contributed by atoms with van der Waals surface area (Å²) < 4.78 is 35.0. The van der Waals surface area contributed by atoms with Crippen molar-refractivity contribution >= 4 is 21.9 Å². The highest BCUT2D eigenvalue weighted by Crippen LogP contribution is 2.31. The van der Waals surface area contributed by atoms with E-state index >= 15 is 0 Å². The summed E-state index contributed by atoms with van der Waals surface area (Å²) in [6, 6.07) is 13.4. The van der Waals surface area contributed by atoms with Gasteiger partial charge in [-0.2, -0.15) is 4.98 Å². The number of carbonyl (C=O) groups excluding carboxylic acids is 1. The first-order valence-corrected chi connectivity index (χ1v) is 13.8. The van der Waals surface area contributed by atoms with Gasteiger partial charge in [0, 0.05) is 17.2 Å². The number of aromatic nitrogens is 2. The lowest BCUT2D eigenvalue weighted by Crippen LogP contribution is -2.45. The average molecular weight is 507 g/mol. The predicted molar refractivity (Wildman–Crippen MR) is 138 cm³/mol. The summed E-state index contributed by atoms with van der Waals surface area (Å²) in [5, 5.41) is 3.11. The Morgan fingerprint density at radius 2 is 1.67 bits per heavy atom. The number of hydrogen-bond acceptors (Lipinski definition) is 6. The highest BCUT2D eigenvalue weighted by Gasteiger charge is 2.28. The molecule has 1 amide bonds. The van der Waals surface area contributed by atoms with E-state index < -0.39 is 10.0 Å². The molecule has 1 aliphatic heterocycles. The first-order chi connectivity index (χ1) is 17.3. The average Bonchev–Trinajstić information content (AvgIpc) is 2.86. The van der Waals surface area contributed by atoms with Crippen LogP contribution in [0.1, 0.15) is 53.6 Å². The number of nitrogens with zero attached hydrogens (tertiary/aromatic N) is 2. The molecule has 1 unspecified atom stereocenters. The van der Waals surface area contributed by atoms with E-state index in [1.807, 2.05) is 32.0 Å². The van der Waals surface area contributed by atoms with Crippen LogP contribution in [0.2, 0.25) is 0 Å². The molecule has 0 spiro atoms. The van der Waals surface area contributed by atoms with E-state index in [4.69, 9.17) is 4.74 Å². The molecule has 0 saturated heterocycles. The van der Waals surface area contributed by atoms with Crippen molar-refractivity contribution in [2.24, 2.45) is 5.92 Å².